The van der Waals surface area contributed by atoms with Crippen molar-refractivity contribution in [2.24, 2.45) is 0 Å². The van der Waals surface area contributed by atoms with E-state index in [-0.39, 0.29) is 11.3 Å². The van der Waals surface area contributed by atoms with Crippen LogP contribution in [0.25, 0.3) is 0 Å². The minimum Gasteiger partial charge on any atom is -0.308 e. The van der Waals surface area contributed by atoms with Gasteiger partial charge in [-0.1, -0.05) is 0 Å². The van der Waals surface area contributed by atoms with Crippen LogP contribution >= 0.6 is 0 Å². The molecule has 1 aromatic heterocycles. The fraction of sp³-hybridized carbons (Fsp3) is 0.154. The number of aromatic nitrogens is 1. The summed E-state index contributed by atoms with van der Waals surface area (Å²) in [4.78, 5) is 3.90. The van der Waals surface area contributed by atoms with Crippen LogP contribution in [-0.4, -0.2) is 12.0 Å². The Hall–Kier alpha value is -1.88. The van der Waals surface area contributed by atoms with E-state index in [0.29, 0.717) is 0 Å². The van der Waals surface area contributed by atoms with Gasteiger partial charge in [-0.3, -0.25) is 4.98 Å². The molecule has 0 bridgehead atoms. The van der Waals surface area contributed by atoms with Gasteiger partial charge in [0.15, 0.2) is 0 Å². The van der Waals surface area contributed by atoms with Crippen LogP contribution in [0.5, 0.6) is 0 Å². The Morgan fingerprint density at radius 1 is 1.11 bits per heavy atom. The number of nitrogens with one attached hydrogen (secondary N) is 1. The Kier molecular flexibility index (Phi) is 3.62. The summed E-state index contributed by atoms with van der Waals surface area (Å²) in [5.41, 5.74) is 0.387. The van der Waals surface area contributed by atoms with E-state index in [0.717, 1.165) is 18.2 Å². The maximum atomic E-state index is 13.6. The van der Waals surface area contributed by atoms with Gasteiger partial charge in [0.2, 0.25) is 0 Å². The first-order valence-electron chi connectivity index (χ1n) is 5.35. The van der Waals surface area contributed by atoms with Gasteiger partial charge >= 0.3 is 0 Å². The predicted molar refractivity (Wildman–Crippen MR) is 61.5 cm³/mol. The summed E-state index contributed by atoms with van der Waals surface area (Å²) in [5.74, 6) is -1.94. The number of halogens is 3. The van der Waals surface area contributed by atoms with Crippen LogP contribution in [0.1, 0.15) is 17.3 Å². The molecular weight excluding hydrogens is 241 g/mol. The maximum absolute atomic E-state index is 13.6. The van der Waals surface area contributed by atoms with Crippen LogP contribution in [0.15, 0.2) is 36.5 Å². The van der Waals surface area contributed by atoms with Gasteiger partial charge in [-0.05, 0) is 36.9 Å². The van der Waals surface area contributed by atoms with Crippen LogP contribution in [0.3, 0.4) is 0 Å². The smallest absolute Gasteiger partial charge is 0.146 e. The molecule has 1 aromatic carbocycles. The van der Waals surface area contributed by atoms with Gasteiger partial charge < -0.3 is 5.32 Å². The molecule has 0 radical (unpaired) electrons. The molecule has 18 heavy (non-hydrogen) atoms. The first kappa shape index (κ1) is 12.6. The summed E-state index contributed by atoms with van der Waals surface area (Å²) >= 11 is 0. The number of nitrogens with zero attached hydrogens (tertiary/aromatic N) is 1. The molecule has 2 nitrogen and oxygen atoms in total. The van der Waals surface area contributed by atoms with Crippen LogP contribution in [0, 0.1) is 17.5 Å². The summed E-state index contributed by atoms with van der Waals surface area (Å²) in [5, 5.41) is 2.79. The molecule has 0 aliphatic rings. The summed E-state index contributed by atoms with van der Waals surface area (Å²) < 4.78 is 39.9. The Balaban J connectivity index is 2.48. The standard InChI is InChI=1S/C13H11F3N2/c1-17-12(13-11(16)3-2-4-18-13)8-5-9(14)7-10(15)6-8/h2-7,12,17H,1H3. The zero-order chi connectivity index (χ0) is 13.1. The van der Waals surface area contributed by atoms with E-state index in [2.05, 4.69) is 10.3 Å². The topological polar surface area (TPSA) is 24.9 Å². The lowest BCUT2D eigenvalue weighted by Gasteiger charge is -2.16. The predicted octanol–water partition coefficient (Wildman–Crippen LogP) is 2.81. The largest absolute Gasteiger partial charge is 0.308 e. The second-order valence-corrected chi connectivity index (χ2v) is 3.79. The summed E-state index contributed by atoms with van der Waals surface area (Å²) in [6.07, 6.45) is 1.43. The molecule has 0 aliphatic heterocycles. The zero-order valence-corrected chi connectivity index (χ0v) is 9.62. The number of pyridine rings is 1. The van der Waals surface area contributed by atoms with Crippen molar-refractivity contribution in [1.29, 1.82) is 0 Å². The molecule has 1 atom stereocenters. The zero-order valence-electron chi connectivity index (χ0n) is 9.62. The Labute approximate surface area is 102 Å². The minimum atomic E-state index is -0.707. The Morgan fingerprint density at radius 2 is 1.78 bits per heavy atom. The molecule has 0 spiro atoms. The highest BCUT2D eigenvalue weighted by atomic mass is 19.1. The lowest BCUT2D eigenvalue weighted by Crippen LogP contribution is -2.20. The van der Waals surface area contributed by atoms with Gasteiger partial charge in [-0.15, -0.1) is 0 Å². The van der Waals surface area contributed by atoms with Gasteiger partial charge in [0.1, 0.15) is 17.5 Å². The molecule has 1 heterocycles. The van der Waals surface area contributed by atoms with E-state index in [1.165, 1.54) is 18.3 Å². The van der Waals surface area contributed by atoms with Crippen LogP contribution in [-0.2, 0) is 0 Å². The van der Waals surface area contributed by atoms with Gasteiger partial charge in [-0.25, -0.2) is 13.2 Å². The number of hydrogen-bond donors (Lipinski definition) is 1. The van der Waals surface area contributed by atoms with Gasteiger partial charge in [-0.2, -0.15) is 0 Å². The van der Waals surface area contributed by atoms with Crippen LogP contribution < -0.4 is 5.32 Å². The van der Waals surface area contributed by atoms with E-state index in [4.69, 9.17) is 0 Å². The van der Waals surface area contributed by atoms with Crippen molar-refractivity contribution in [1.82, 2.24) is 10.3 Å². The molecule has 0 fully saturated rings. The molecule has 0 saturated heterocycles. The third-order valence-corrected chi connectivity index (χ3v) is 2.57. The number of benzene rings is 1. The highest BCUT2D eigenvalue weighted by Crippen LogP contribution is 2.23. The second kappa shape index (κ2) is 5.18. The van der Waals surface area contributed by atoms with E-state index in [9.17, 15) is 13.2 Å². The fourth-order valence-electron chi connectivity index (χ4n) is 1.81. The van der Waals surface area contributed by atoms with Gasteiger partial charge in [0.25, 0.3) is 0 Å². The second-order valence-electron chi connectivity index (χ2n) is 3.79. The van der Waals surface area contributed by atoms with E-state index < -0.39 is 23.5 Å². The summed E-state index contributed by atoms with van der Waals surface area (Å²) in [7, 11) is 1.57. The molecule has 0 aliphatic carbocycles. The van der Waals surface area contributed by atoms with E-state index >= 15 is 0 Å². The fourth-order valence-corrected chi connectivity index (χ4v) is 1.81. The molecular formula is C13H11F3N2. The average Bonchev–Trinajstić information content (AvgIpc) is 2.31. The third kappa shape index (κ3) is 2.51. The molecule has 0 amide bonds. The van der Waals surface area contributed by atoms with Crippen molar-refractivity contribution in [2.45, 2.75) is 6.04 Å². The molecule has 1 N–H and O–H groups in total. The third-order valence-electron chi connectivity index (χ3n) is 2.57. The normalized spacial score (nSPS) is 12.4. The van der Waals surface area contributed by atoms with Crippen molar-refractivity contribution in [2.75, 3.05) is 7.05 Å². The summed E-state index contributed by atoms with van der Waals surface area (Å²) in [6.45, 7) is 0. The van der Waals surface area contributed by atoms with Crippen molar-refractivity contribution in [3.63, 3.8) is 0 Å². The van der Waals surface area contributed by atoms with E-state index in [1.807, 2.05) is 0 Å². The van der Waals surface area contributed by atoms with Crippen molar-refractivity contribution in [3.8, 4) is 0 Å². The van der Waals surface area contributed by atoms with Gasteiger partial charge in [0.05, 0.1) is 11.7 Å². The number of rotatable bonds is 3. The molecule has 1 unspecified atom stereocenters. The maximum Gasteiger partial charge on any atom is 0.146 e. The van der Waals surface area contributed by atoms with Crippen molar-refractivity contribution in [3.05, 3.63) is 65.2 Å². The molecule has 0 saturated carbocycles. The molecule has 94 valence electrons. The first-order valence-corrected chi connectivity index (χ1v) is 5.35. The SMILES string of the molecule is CNC(c1cc(F)cc(F)c1)c1ncccc1F. The highest BCUT2D eigenvalue weighted by molar-refractivity contribution is 5.29. The van der Waals surface area contributed by atoms with Crippen molar-refractivity contribution < 1.29 is 13.2 Å². The average molecular weight is 252 g/mol. The Morgan fingerprint density at radius 3 is 2.33 bits per heavy atom. The van der Waals surface area contributed by atoms with Gasteiger partial charge in [0, 0.05) is 12.3 Å². The quantitative estimate of drug-likeness (QED) is 0.908. The molecule has 2 aromatic rings. The number of hydrogen-bond acceptors (Lipinski definition) is 2. The molecule has 2 rings (SSSR count). The molecule has 5 heteroatoms. The first-order chi connectivity index (χ1) is 8.61. The Bertz CT molecular complexity index is 537. The summed E-state index contributed by atoms with van der Waals surface area (Å²) in [6, 6.07) is 5.08. The van der Waals surface area contributed by atoms with Crippen molar-refractivity contribution >= 4 is 0 Å². The highest BCUT2D eigenvalue weighted by Gasteiger charge is 2.18. The monoisotopic (exact) mass is 252 g/mol. The van der Waals surface area contributed by atoms with E-state index in [1.54, 1.807) is 7.05 Å². The van der Waals surface area contributed by atoms with Crippen LogP contribution in [0.4, 0.5) is 13.2 Å². The lowest BCUT2D eigenvalue weighted by molar-refractivity contribution is 0.545. The minimum absolute atomic E-state index is 0.102. The lowest BCUT2D eigenvalue weighted by atomic mass is 10.0. The van der Waals surface area contributed by atoms with Crippen LogP contribution in [0.2, 0.25) is 0 Å².